The van der Waals surface area contributed by atoms with Gasteiger partial charge in [-0.05, 0) is 24.0 Å². The van der Waals surface area contributed by atoms with E-state index in [4.69, 9.17) is 4.74 Å². The maximum Gasteiger partial charge on any atom is 0.324 e. The number of likely N-dealkylation sites (tertiary alicyclic amines) is 1. The maximum atomic E-state index is 13.6. The number of phenolic OH excluding ortho intramolecular Hbond substituents is 1. The van der Waals surface area contributed by atoms with Crippen molar-refractivity contribution in [2.24, 2.45) is 17.8 Å². The molecule has 2 heterocycles. The highest BCUT2D eigenvalue weighted by Gasteiger charge is 2.68. The maximum absolute atomic E-state index is 13.6. The Labute approximate surface area is 192 Å². The van der Waals surface area contributed by atoms with Crippen molar-refractivity contribution in [3.05, 3.63) is 59.7 Å². The summed E-state index contributed by atoms with van der Waals surface area (Å²) in [7, 11) is 1.47. The zero-order valence-electron chi connectivity index (χ0n) is 18.8. The second-order valence-corrected chi connectivity index (χ2v) is 9.17. The van der Waals surface area contributed by atoms with Crippen LogP contribution >= 0.6 is 0 Å². The van der Waals surface area contributed by atoms with Crippen molar-refractivity contribution in [3.8, 4) is 11.5 Å². The molecular weight excluding hydrogens is 424 g/mol. The average molecular weight is 453 g/mol. The number of hydrogen-bond donors (Lipinski definition) is 3. The highest BCUT2D eigenvalue weighted by Crippen LogP contribution is 2.52. The molecule has 2 aliphatic heterocycles. The highest BCUT2D eigenvalue weighted by molar-refractivity contribution is 6.09. The summed E-state index contributed by atoms with van der Waals surface area (Å²) >= 11 is 0. The van der Waals surface area contributed by atoms with Crippen molar-refractivity contribution in [2.45, 2.75) is 38.4 Å². The molecule has 0 radical (unpaired) electrons. The summed E-state index contributed by atoms with van der Waals surface area (Å²) in [6.07, 6.45) is 0.162. The number of carbonyl (C=O) groups excluding carboxylic acids is 2. The lowest BCUT2D eigenvalue weighted by atomic mass is 9.75. The number of fused-ring (bicyclic) bond motifs is 1. The van der Waals surface area contributed by atoms with Crippen molar-refractivity contribution in [2.75, 3.05) is 7.11 Å². The second kappa shape index (κ2) is 8.51. The summed E-state index contributed by atoms with van der Waals surface area (Å²) < 4.78 is 5.15. The molecule has 2 aliphatic rings. The number of nitrogens with zero attached hydrogens (tertiary/aromatic N) is 1. The van der Waals surface area contributed by atoms with Gasteiger partial charge in [0.15, 0.2) is 0 Å². The number of imide groups is 1. The average Bonchev–Trinajstić information content (AvgIpc) is 3.24. The summed E-state index contributed by atoms with van der Waals surface area (Å²) in [4.78, 5) is 41.0. The number of ether oxygens (including phenoxy) is 1. The Morgan fingerprint density at radius 1 is 1.15 bits per heavy atom. The highest BCUT2D eigenvalue weighted by atomic mass is 16.5. The molecule has 2 saturated heterocycles. The number of amides is 2. The lowest BCUT2D eigenvalue weighted by molar-refractivity contribution is -0.152. The van der Waals surface area contributed by atoms with E-state index in [9.17, 15) is 24.6 Å². The third-order valence-corrected chi connectivity index (χ3v) is 6.61. The van der Waals surface area contributed by atoms with E-state index < -0.39 is 41.2 Å². The monoisotopic (exact) mass is 452 g/mol. The Hall–Kier alpha value is -3.39. The van der Waals surface area contributed by atoms with Crippen molar-refractivity contribution in [3.63, 3.8) is 0 Å². The van der Waals surface area contributed by atoms with Gasteiger partial charge in [0.25, 0.3) is 0 Å². The van der Waals surface area contributed by atoms with E-state index in [1.165, 1.54) is 13.2 Å². The molecule has 0 unspecified atom stereocenters. The van der Waals surface area contributed by atoms with Crippen LogP contribution in [0.2, 0.25) is 0 Å². The lowest BCUT2D eigenvalue weighted by Gasteiger charge is -2.32. The Balaban J connectivity index is 1.81. The van der Waals surface area contributed by atoms with Gasteiger partial charge in [0.2, 0.25) is 11.8 Å². The Morgan fingerprint density at radius 2 is 1.85 bits per heavy atom. The molecule has 0 saturated carbocycles. The lowest BCUT2D eigenvalue weighted by Crippen LogP contribution is -2.56. The third kappa shape index (κ3) is 3.74. The molecule has 8 nitrogen and oxygen atoms in total. The number of hydrogen-bond acceptors (Lipinski definition) is 6. The van der Waals surface area contributed by atoms with Crippen LogP contribution in [0.25, 0.3) is 0 Å². The Bertz CT molecular complexity index is 1090. The van der Waals surface area contributed by atoms with Crippen LogP contribution in [-0.4, -0.2) is 45.5 Å². The van der Waals surface area contributed by atoms with Gasteiger partial charge in [0.05, 0.1) is 25.5 Å². The van der Waals surface area contributed by atoms with E-state index in [0.29, 0.717) is 11.3 Å². The number of nitrogens with one attached hydrogen (secondary N) is 1. The first-order chi connectivity index (χ1) is 15.7. The number of carboxylic acid groups (broad SMARTS) is 1. The molecule has 4 atom stereocenters. The van der Waals surface area contributed by atoms with E-state index in [1.807, 2.05) is 44.2 Å². The molecule has 4 rings (SSSR count). The number of benzene rings is 2. The number of carbonyl (C=O) groups is 3. The van der Waals surface area contributed by atoms with E-state index in [1.54, 1.807) is 12.1 Å². The van der Waals surface area contributed by atoms with Crippen LogP contribution in [0.1, 0.15) is 37.4 Å². The van der Waals surface area contributed by atoms with Gasteiger partial charge in [-0.15, -0.1) is 0 Å². The smallest absolute Gasteiger partial charge is 0.324 e. The minimum absolute atomic E-state index is 0.0523. The molecule has 0 aliphatic carbocycles. The molecule has 2 amide bonds. The fourth-order valence-electron chi connectivity index (χ4n) is 5.28. The van der Waals surface area contributed by atoms with Gasteiger partial charge >= 0.3 is 5.97 Å². The molecule has 0 spiro atoms. The standard InChI is InChI=1S/C25H28N2O6/c1-14(2)12-25(24(31)32)20-19(21(26-25)17-10-9-16(33-3)11-18(17)28)22(29)27(23(20)30)13-15-7-5-4-6-8-15/h4-11,14,19-21,26,28H,12-13H2,1-3H3,(H,31,32)/t19-,20+,21-,25-/m0/s1. The minimum atomic E-state index is -1.63. The first kappa shape index (κ1) is 22.8. The normalized spacial score (nSPS) is 26.7. The van der Waals surface area contributed by atoms with Crippen LogP contribution in [0.5, 0.6) is 11.5 Å². The van der Waals surface area contributed by atoms with Crippen LogP contribution in [-0.2, 0) is 20.9 Å². The number of rotatable bonds is 7. The molecule has 8 heteroatoms. The molecule has 0 bridgehead atoms. The number of carboxylic acids is 1. The summed E-state index contributed by atoms with van der Waals surface area (Å²) in [5.41, 5.74) is -0.491. The topological polar surface area (TPSA) is 116 Å². The van der Waals surface area contributed by atoms with Crippen molar-refractivity contribution >= 4 is 17.8 Å². The summed E-state index contributed by atoms with van der Waals surface area (Å²) in [5, 5.41) is 24.1. The number of aromatic hydroxyl groups is 1. The van der Waals surface area contributed by atoms with Crippen molar-refractivity contribution in [1.29, 1.82) is 0 Å². The predicted octanol–water partition coefficient (Wildman–Crippen LogP) is 2.72. The summed E-state index contributed by atoms with van der Waals surface area (Å²) in [6.45, 7) is 3.83. The van der Waals surface area contributed by atoms with Gasteiger partial charge in [-0.3, -0.25) is 24.6 Å². The van der Waals surface area contributed by atoms with E-state index >= 15 is 0 Å². The predicted molar refractivity (Wildman–Crippen MR) is 119 cm³/mol. The zero-order chi connectivity index (χ0) is 23.9. The zero-order valence-corrected chi connectivity index (χ0v) is 18.8. The Morgan fingerprint density at radius 3 is 2.42 bits per heavy atom. The fourth-order valence-corrected chi connectivity index (χ4v) is 5.28. The molecular formula is C25H28N2O6. The molecule has 174 valence electrons. The van der Waals surface area contributed by atoms with E-state index in [2.05, 4.69) is 5.32 Å². The fraction of sp³-hybridized carbons (Fsp3) is 0.400. The van der Waals surface area contributed by atoms with Crippen LogP contribution < -0.4 is 10.1 Å². The Kier molecular flexibility index (Phi) is 5.88. The second-order valence-electron chi connectivity index (χ2n) is 9.17. The van der Waals surface area contributed by atoms with Gasteiger partial charge in [0.1, 0.15) is 17.0 Å². The van der Waals surface area contributed by atoms with Crippen molar-refractivity contribution in [1.82, 2.24) is 10.2 Å². The van der Waals surface area contributed by atoms with Crippen molar-refractivity contribution < 1.29 is 29.3 Å². The van der Waals surface area contributed by atoms with Crippen LogP contribution in [0.3, 0.4) is 0 Å². The van der Waals surface area contributed by atoms with E-state index in [0.717, 1.165) is 10.5 Å². The van der Waals surface area contributed by atoms with Gasteiger partial charge in [-0.2, -0.15) is 0 Å². The first-order valence-electron chi connectivity index (χ1n) is 11.0. The third-order valence-electron chi connectivity index (χ3n) is 6.61. The summed E-state index contributed by atoms with van der Waals surface area (Å²) in [6, 6.07) is 12.9. The minimum Gasteiger partial charge on any atom is -0.507 e. The van der Waals surface area contributed by atoms with Gasteiger partial charge in [0, 0.05) is 17.7 Å². The number of aliphatic carboxylic acids is 1. The van der Waals surface area contributed by atoms with Gasteiger partial charge in [-0.25, -0.2) is 0 Å². The first-order valence-corrected chi connectivity index (χ1v) is 11.0. The molecule has 3 N–H and O–H groups in total. The quantitative estimate of drug-likeness (QED) is 0.553. The van der Waals surface area contributed by atoms with Gasteiger partial charge in [-0.1, -0.05) is 50.2 Å². The number of methoxy groups -OCH3 is 1. The molecule has 2 aromatic rings. The molecule has 2 fully saturated rings. The number of phenols is 1. The SMILES string of the molecule is COc1ccc([C@@H]2N[C@](CC(C)C)(C(=O)O)[C@H]3C(=O)N(Cc4ccccc4)C(=O)[C@H]23)c(O)c1. The molecule has 2 aromatic carbocycles. The van der Waals surface area contributed by atoms with E-state index in [-0.39, 0.29) is 24.6 Å². The molecule has 33 heavy (non-hydrogen) atoms. The molecule has 0 aromatic heterocycles. The van der Waals surface area contributed by atoms with Crippen LogP contribution in [0, 0.1) is 17.8 Å². The van der Waals surface area contributed by atoms with Crippen LogP contribution in [0.15, 0.2) is 48.5 Å². The summed E-state index contributed by atoms with van der Waals surface area (Å²) in [5.74, 6) is -3.90. The van der Waals surface area contributed by atoms with Crippen LogP contribution in [0.4, 0.5) is 0 Å². The largest absolute Gasteiger partial charge is 0.507 e. The van der Waals surface area contributed by atoms with Gasteiger partial charge < -0.3 is 14.9 Å².